The maximum atomic E-state index is 11.9. The van der Waals surface area contributed by atoms with Gasteiger partial charge in [-0.3, -0.25) is 4.79 Å². The standard InChI is InChI=1S/C15H22N2OS/c1-11(10-19-13-5-3-2-4-6-13)15(18)17-9-14(16)12-7-8-12/h2-6,11-12,14H,7-10,16H2,1H3,(H,17,18). The van der Waals surface area contributed by atoms with E-state index in [-0.39, 0.29) is 17.9 Å². The summed E-state index contributed by atoms with van der Waals surface area (Å²) < 4.78 is 0. The highest BCUT2D eigenvalue weighted by molar-refractivity contribution is 7.99. The molecule has 4 heteroatoms. The first kappa shape index (κ1) is 14.4. The van der Waals surface area contributed by atoms with Crippen LogP contribution in [0.2, 0.25) is 0 Å². The van der Waals surface area contributed by atoms with Gasteiger partial charge >= 0.3 is 0 Å². The number of carbonyl (C=O) groups excluding carboxylic acids is 1. The summed E-state index contributed by atoms with van der Waals surface area (Å²) >= 11 is 1.72. The highest BCUT2D eigenvalue weighted by atomic mass is 32.2. The first-order valence-corrected chi connectivity index (χ1v) is 7.86. The molecule has 0 heterocycles. The second-order valence-electron chi connectivity index (χ2n) is 5.27. The van der Waals surface area contributed by atoms with Gasteiger partial charge in [0.15, 0.2) is 0 Å². The lowest BCUT2D eigenvalue weighted by molar-refractivity contribution is -0.123. The van der Waals surface area contributed by atoms with Gasteiger partial charge in [-0.2, -0.15) is 0 Å². The predicted molar refractivity (Wildman–Crippen MR) is 80.0 cm³/mol. The highest BCUT2D eigenvalue weighted by Gasteiger charge is 2.28. The van der Waals surface area contributed by atoms with Crippen LogP contribution in [0.4, 0.5) is 0 Å². The fourth-order valence-corrected chi connectivity index (χ4v) is 2.84. The number of amides is 1. The zero-order valence-corrected chi connectivity index (χ0v) is 12.2. The van der Waals surface area contributed by atoms with E-state index >= 15 is 0 Å². The monoisotopic (exact) mass is 278 g/mol. The number of rotatable bonds is 7. The minimum absolute atomic E-state index is 0.0107. The predicted octanol–water partition coefficient (Wildman–Crippen LogP) is 2.27. The van der Waals surface area contributed by atoms with E-state index in [1.54, 1.807) is 11.8 Å². The highest BCUT2D eigenvalue weighted by Crippen LogP contribution is 2.31. The van der Waals surface area contributed by atoms with Crippen LogP contribution < -0.4 is 11.1 Å². The molecule has 1 aliphatic carbocycles. The normalized spacial score (nSPS) is 17.8. The second kappa shape index (κ2) is 6.96. The quantitative estimate of drug-likeness (QED) is 0.752. The van der Waals surface area contributed by atoms with Gasteiger partial charge < -0.3 is 11.1 Å². The minimum Gasteiger partial charge on any atom is -0.354 e. The molecule has 1 aromatic carbocycles. The molecule has 0 bridgehead atoms. The Kier molecular flexibility index (Phi) is 5.28. The number of nitrogens with two attached hydrogens (primary N) is 1. The molecule has 0 saturated heterocycles. The van der Waals surface area contributed by atoms with Crippen molar-refractivity contribution in [3.8, 4) is 0 Å². The summed E-state index contributed by atoms with van der Waals surface area (Å²) in [4.78, 5) is 13.1. The van der Waals surface area contributed by atoms with Gasteiger partial charge in [0.2, 0.25) is 5.91 Å². The maximum Gasteiger partial charge on any atom is 0.223 e. The third-order valence-corrected chi connectivity index (χ3v) is 4.70. The summed E-state index contributed by atoms with van der Waals surface area (Å²) in [6.07, 6.45) is 2.44. The van der Waals surface area contributed by atoms with Gasteiger partial charge in [-0.25, -0.2) is 0 Å². The molecule has 2 atom stereocenters. The number of hydrogen-bond acceptors (Lipinski definition) is 3. The minimum atomic E-state index is 0.0107. The molecule has 2 rings (SSSR count). The van der Waals surface area contributed by atoms with Crippen molar-refractivity contribution in [2.45, 2.75) is 30.7 Å². The summed E-state index contributed by atoms with van der Waals surface area (Å²) in [5.74, 6) is 1.56. The Morgan fingerprint density at radius 1 is 1.42 bits per heavy atom. The SMILES string of the molecule is CC(CSc1ccccc1)C(=O)NCC(N)C1CC1. The summed E-state index contributed by atoms with van der Waals surface area (Å²) in [5.41, 5.74) is 5.97. The van der Waals surface area contributed by atoms with Crippen molar-refractivity contribution >= 4 is 17.7 Å². The molecular formula is C15H22N2OS. The smallest absolute Gasteiger partial charge is 0.223 e. The molecule has 1 saturated carbocycles. The lowest BCUT2D eigenvalue weighted by atomic mass is 10.1. The molecule has 0 aromatic heterocycles. The lowest BCUT2D eigenvalue weighted by Gasteiger charge is -2.15. The number of thioether (sulfide) groups is 1. The maximum absolute atomic E-state index is 11.9. The van der Waals surface area contributed by atoms with Crippen LogP contribution >= 0.6 is 11.8 Å². The number of hydrogen-bond donors (Lipinski definition) is 2. The Hall–Kier alpha value is -1.00. The Labute approximate surface area is 119 Å². The lowest BCUT2D eigenvalue weighted by Crippen LogP contribution is -2.41. The molecule has 0 aliphatic heterocycles. The van der Waals surface area contributed by atoms with E-state index in [1.807, 2.05) is 25.1 Å². The van der Waals surface area contributed by atoms with Crippen LogP contribution in [0.15, 0.2) is 35.2 Å². The average molecular weight is 278 g/mol. The molecule has 19 heavy (non-hydrogen) atoms. The van der Waals surface area contributed by atoms with E-state index in [4.69, 9.17) is 5.73 Å². The Bertz CT molecular complexity index is 406. The number of nitrogens with one attached hydrogen (secondary N) is 1. The van der Waals surface area contributed by atoms with Gasteiger partial charge in [0.25, 0.3) is 0 Å². The third-order valence-electron chi connectivity index (χ3n) is 3.43. The van der Waals surface area contributed by atoms with Crippen molar-refractivity contribution in [2.24, 2.45) is 17.6 Å². The largest absolute Gasteiger partial charge is 0.354 e. The Morgan fingerprint density at radius 2 is 2.11 bits per heavy atom. The van der Waals surface area contributed by atoms with Crippen LogP contribution in [0.5, 0.6) is 0 Å². The Morgan fingerprint density at radius 3 is 2.74 bits per heavy atom. The molecular weight excluding hydrogens is 256 g/mol. The summed E-state index contributed by atoms with van der Waals surface area (Å²) in [5, 5.41) is 2.96. The first-order chi connectivity index (χ1) is 9.16. The van der Waals surface area contributed by atoms with Crippen molar-refractivity contribution in [3.63, 3.8) is 0 Å². The van der Waals surface area contributed by atoms with Gasteiger partial charge in [0.1, 0.15) is 0 Å². The van der Waals surface area contributed by atoms with E-state index in [1.165, 1.54) is 17.7 Å². The van der Waals surface area contributed by atoms with Crippen LogP contribution in [0.1, 0.15) is 19.8 Å². The van der Waals surface area contributed by atoms with Crippen molar-refractivity contribution in [1.29, 1.82) is 0 Å². The molecule has 0 radical (unpaired) electrons. The fourth-order valence-electron chi connectivity index (χ4n) is 1.90. The van der Waals surface area contributed by atoms with Gasteiger partial charge in [0.05, 0.1) is 0 Å². The van der Waals surface area contributed by atoms with Crippen molar-refractivity contribution < 1.29 is 4.79 Å². The summed E-state index contributed by atoms with van der Waals surface area (Å²) in [6.45, 7) is 2.58. The first-order valence-electron chi connectivity index (χ1n) is 6.88. The van der Waals surface area contributed by atoms with E-state index in [0.29, 0.717) is 12.5 Å². The molecule has 1 amide bonds. The number of carbonyl (C=O) groups is 1. The molecule has 1 aromatic rings. The second-order valence-corrected chi connectivity index (χ2v) is 6.36. The van der Waals surface area contributed by atoms with Crippen LogP contribution in [-0.2, 0) is 4.79 Å². The van der Waals surface area contributed by atoms with Gasteiger partial charge in [-0.05, 0) is 30.9 Å². The van der Waals surface area contributed by atoms with Crippen molar-refractivity contribution in [2.75, 3.05) is 12.3 Å². The van der Waals surface area contributed by atoms with Crippen molar-refractivity contribution in [3.05, 3.63) is 30.3 Å². The van der Waals surface area contributed by atoms with Crippen LogP contribution in [-0.4, -0.2) is 24.2 Å². The van der Waals surface area contributed by atoms with Crippen LogP contribution in [0, 0.1) is 11.8 Å². The Balaban J connectivity index is 1.67. The van der Waals surface area contributed by atoms with Gasteiger partial charge in [-0.15, -0.1) is 11.8 Å². The molecule has 2 unspecified atom stereocenters. The summed E-state index contributed by atoms with van der Waals surface area (Å²) in [6, 6.07) is 10.3. The summed E-state index contributed by atoms with van der Waals surface area (Å²) in [7, 11) is 0. The number of benzene rings is 1. The topological polar surface area (TPSA) is 55.1 Å². The van der Waals surface area contributed by atoms with Gasteiger partial charge in [0, 0.05) is 29.2 Å². The molecule has 3 nitrogen and oxygen atoms in total. The van der Waals surface area contributed by atoms with Crippen molar-refractivity contribution in [1.82, 2.24) is 5.32 Å². The molecule has 104 valence electrons. The third kappa shape index (κ3) is 4.88. The molecule has 1 fully saturated rings. The molecule has 1 aliphatic rings. The van der Waals surface area contributed by atoms with Crippen LogP contribution in [0.3, 0.4) is 0 Å². The van der Waals surface area contributed by atoms with Gasteiger partial charge in [-0.1, -0.05) is 25.1 Å². The fraction of sp³-hybridized carbons (Fsp3) is 0.533. The van der Waals surface area contributed by atoms with Crippen LogP contribution in [0.25, 0.3) is 0 Å². The van der Waals surface area contributed by atoms with E-state index in [2.05, 4.69) is 17.4 Å². The van der Waals surface area contributed by atoms with E-state index in [9.17, 15) is 4.79 Å². The zero-order chi connectivity index (χ0) is 13.7. The molecule has 0 spiro atoms. The van der Waals surface area contributed by atoms with E-state index < -0.39 is 0 Å². The average Bonchev–Trinajstić information content (AvgIpc) is 3.27. The molecule has 3 N–H and O–H groups in total. The van der Waals surface area contributed by atoms with E-state index in [0.717, 1.165) is 5.75 Å². The zero-order valence-electron chi connectivity index (χ0n) is 11.3.